The monoisotopic (exact) mass is 280 g/mol. The number of benzene rings is 1. The Morgan fingerprint density at radius 1 is 1.47 bits per heavy atom. The number of halogens is 1. The number of hydrogen-bond donors (Lipinski definition) is 1. The molecule has 3 nitrogen and oxygen atoms in total. The summed E-state index contributed by atoms with van der Waals surface area (Å²) >= 11 is 6.12. The Labute approximate surface area is 119 Å². The second-order valence-electron chi connectivity index (χ2n) is 5.30. The van der Waals surface area contributed by atoms with E-state index in [1.54, 1.807) is 6.07 Å². The molecule has 1 amide bonds. The van der Waals surface area contributed by atoms with Crippen molar-refractivity contribution in [2.24, 2.45) is 0 Å². The van der Waals surface area contributed by atoms with Gasteiger partial charge in [0.25, 0.3) is 0 Å². The summed E-state index contributed by atoms with van der Waals surface area (Å²) in [4.78, 5) is 14.4. The number of nitrogens with zero attached hydrogens (tertiary/aromatic N) is 1. The van der Waals surface area contributed by atoms with Gasteiger partial charge in [-0.15, -0.1) is 0 Å². The average molecular weight is 281 g/mol. The van der Waals surface area contributed by atoms with E-state index in [1.165, 1.54) is 19.3 Å². The Bertz CT molecular complexity index is 441. The van der Waals surface area contributed by atoms with E-state index in [9.17, 15) is 4.79 Å². The smallest absolute Gasteiger partial charge is 0.238 e. The molecule has 4 heteroatoms. The van der Waals surface area contributed by atoms with E-state index < -0.39 is 0 Å². The van der Waals surface area contributed by atoms with E-state index in [-0.39, 0.29) is 5.91 Å². The van der Waals surface area contributed by atoms with Gasteiger partial charge in [0, 0.05) is 6.04 Å². The number of aryl methyl sites for hydroxylation is 1. The normalized spacial score (nSPS) is 20.3. The van der Waals surface area contributed by atoms with Crippen molar-refractivity contribution < 1.29 is 4.79 Å². The number of piperidine rings is 1. The highest BCUT2D eigenvalue weighted by molar-refractivity contribution is 6.33. The maximum Gasteiger partial charge on any atom is 0.238 e. The largest absolute Gasteiger partial charge is 0.323 e. The van der Waals surface area contributed by atoms with Crippen LogP contribution in [0.3, 0.4) is 0 Å². The van der Waals surface area contributed by atoms with Crippen LogP contribution in [0.1, 0.15) is 31.7 Å². The highest BCUT2D eigenvalue weighted by atomic mass is 35.5. The number of anilines is 1. The summed E-state index contributed by atoms with van der Waals surface area (Å²) in [5, 5.41) is 3.53. The minimum atomic E-state index is 0.0185. The number of para-hydroxylation sites is 1. The van der Waals surface area contributed by atoms with Crippen LogP contribution in [-0.4, -0.2) is 29.9 Å². The molecule has 0 spiro atoms. The van der Waals surface area contributed by atoms with Gasteiger partial charge < -0.3 is 5.32 Å². The maximum absolute atomic E-state index is 12.1. The van der Waals surface area contributed by atoms with Gasteiger partial charge in [0.1, 0.15) is 0 Å². The fourth-order valence-electron chi connectivity index (χ4n) is 2.55. The number of nitrogens with one attached hydrogen (secondary N) is 1. The third kappa shape index (κ3) is 3.71. The molecule has 0 aliphatic carbocycles. The van der Waals surface area contributed by atoms with E-state index >= 15 is 0 Å². The van der Waals surface area contributed by atoms with Crippen LogP contribution in [0.15, 0.2) is 18.2 Å². The lowest BCUT2D eigenvalue weighted by Gasteiger charge is -2.32. The fourth-order valence-corrected chi connectivity index (χ4v) is 2.82. The molecule has 2 rings (SSSR count). The summed E-state index contributed by atoms with van der Waals surface area (Å²) in [7, 11) is 0. The van der Waals surface area contributed by atoms with E-state index in [0.717, 1.165) is 17.8 Å². The zero-order valence-corrected chi connectivity index (χ0v) is 12.3. The van der Waals surface area contributed by atoms with Gasteiger partial charge in [-0.3, -0.25) is 9.69 Å². The Kier molecular flexibility index (Phi) is 4.83. The number of rotatable bonds is 3. The SMILES string of the molecule is Cc1cccc(Cl)c1NC(=O)CN1CCCCC1C. The summed E-state index contributed by atoms with van der Waals surface area (Å²) in [5.41, 5.74) is 1.73. The van der Waals surface area contributed by atoms with Gasteiger partial charge >= 0.3 is 0 Å². The van der Waals surface area contributed by atoms with Crippen molar-refractivity contribution in [1.82, 2.24) is 4.90 Å². The number of hydrogen-bond acceptors (Lipinski definition) is 2. The van der Waals surface area contributed by atoms with E-state index in [0.29, 0.717) is 17.6 Å². The van der Waals surface area contributed by atoms with Gasteiger partial charge in [0.15, 0.2) is 0 Å². The van der Waals surface area contributed by atoms with Crippen LogP contribution in [0.25, 0.3) is 0 Å². The molecule has 0 saturated carbocycles. The minimum absolute atomic E-state index is 0.0185. The van der Waals surface area contributed by atoms with E-state index in [2.05, 4.69) is 17.1 Å². The Hall–Kier alpha value is -1.06. The predicted molar refractivity (Wildman–Crippen MR) is 79.7 cm³/mol. The van der Waals surface area contributed by atoms with Gasteiger partial charge in [-0.25, -0.2) is 0 Å². The molecule has 1 heterocycles. The van der Waals surface area contributed by atoms with Crippen LogP contribution < -0.4 is 5.32 Å². The first-order chi connectivity index (χ1) is 9.08. The molecule has 1 saturated heterocycles. The topological polar surface area (TPSA) is 32.3 Å². The minimum Gasteiger partial charge on any atom is -0.323 e. The van der Waals surface area contributed by atoms with Crippen molar-refractivity contribution in [1.29, 1.82) is 0 Å². The predicted octanol–water partition coefficient (Wildman–Crippen LogP) is 3.46. The average Bonchev–Trinajstić information content (AvgIpc) is 2.37. The molecule has 1 aromatic rings. The molecule has 0 aromatic heterocycles. The van der Waals surface area contributed by atoms with Crippen LogP contribution in [0.2, 0.25) is 5.02 Å². The zero-order chi connectivity index (χ0) is 13.8. The molecule has 1 unspecified atom stereocenters. The molecule has 19 heavy (non-hydrogen) atoms. The lowest BCUT2D eigenvalue weighted by molar-refractivity contribution is -0.118. The molecule has 1 N–H and O–H groups in total. The van der Waals surface area contributed by atoms with Crippen molar-refractivity contribution in [2.75, 3.05) is 18.4 Å². The number of carbonyl (C=O) groups is 1. The third-order valence-electron chi connectivity index (χ3n) is 3.77. The first-order valence-electron chi connectivity index (χ1n) is 6.87. The molecular formula is C15H21ClN2O. The van der Waals surface area contributed by atoms with Crippen LogP contribution >= 0.6 is 11.6 Å². The van der Waals surface area contributed by atoms with Gasteiger partial charge in [-0.2, -0.15) is 0 Å². The van der Waals surface area contributed by atoms with Crippen LogP contribution in [-0.2, 0) is 4.79 Å². The second kappa shape index (κ2) is 6.40. The molecule has 1 atom stereocenters. The zero-order valence-electron chi connectivity index (χ0n) is 11.6. The van der Waals surface area contributed by atoms with Crippen molar-refractivity contribution >= 4 is 23.2 Å². The molecule has 1 fully saturated rings. The van der Waals surface area contributed by atoms with Crippen molar-refractivity contribution in [3.63, 3.8) is 0 Å². The summed E-state index contributed by atoms with van der Waals surface area (Å²) in [6.45, 7) is 5.60. The highest BCUT2D eigenvalue weighted by Crippen LogP contribution is 2.25. The first-order valence-corrected chi connectivity index (χ1v) is 7.24. The van der Waals surface area contributed by atoms with E-state index in [4.69, 9.17) is 11.6 Å². The number of likely N-dealkylation sites (tertiary alicyclic amines) is 1. The molecule has 104 valence electrons. The molecule has 1 aliphatic heterocycles. The maximum atomic E-state index is 12.1. The second-order valence-corrected chi connectivity index (χ2v) is 5.70. The highest BCUT2D eigenvalue weighted by Gasteiger charge is 2.20. The molecule has 0 radical (unpaired) electrons. The Balaban J connectivity index is 1.97. The molecular weight excluding hydrogens is 260 g/mol. The molecule has 0 bridgehead atoms. The Morgan fingerprint density at radius 2 is 2.26 bits per heavy atom. The fraction of sp³-hybridized carbons (Fsp3) is 0.533. The number of carbonyl (C=O) groups excluding carboxylic acids is 1. The van der Waals surface area contributed by atoms with Gasteiger partial charge in [-0.05, 0) is 44.9 Å². The third-order valence-corrected chi connectivity index (χ3v) is 4.09. The Morgan fingerprint density at radius 3 is 2.95 bits per heavy atom. The summed E-state index contributed by atoms with van der Waals surface area (Å²) < 4.78 is 0. The van der Waals surface area contributed by atoms with Crippen molar-refractivity contribution in [3.05, 3.63) is 28.8 Å². The van der Waals surface area contributed by atoms with Crippen LogP contribution in [0.4, 0.5) is 5.69 Å². The first kappa shape index (κ1) is 14.4. The summed E-state index contributed by atoms with van der Waals surface area (Å²) in [6.07, 6.45) is 3.63. The number of amides is 1. The van der Waals surface area contributed by atoms with Gasteiger partial charge in [0.2, 0.25) is 5.91 Å². The summed E-state index contributed by atoms with van der Waals surface area (Å²) in [5.74, 6) is 0.0185. The summed E-state index contributed by atoms with van der Waals surface area (Å²) in [6, 6.07) is 6.13. The van der Waals surface area contributed by atoms with Crippen molar-refractivity contribution in [3.8, 4) is 0 Å². The molecule has 1 aromatic carbocycles. The van der Waals surface area contributed by atoms with Crippen LogP contribution in [0, 0.1) is 6.92 Å². The lowest BCUT2D eigenvalue weighted by Crippen LogP contribution is -2.42. The van der Waals surface area contributed by atoms with Crippen LogP contribution in [0.5, 0.6) is 0 Å². The molecule has 1 aliphatic rings. The standard InChI is InChI=1S/C15H21ClN2O/c1-11-6-5-8-13(16)15(11)17-14(19)10-18-9-4-3-7-12(18)2/h5-6,8,12H,3-4,7,9-10H2,1-2H3,(H,17,19). The van der Waals surface area contributed by atoms with Gasteiger partial charge in [-0.1, -0.05) is 30.2 Å². The van der Waals surface area contributed by atoms with Gasteiger partial charge in [0.05, 0.1) is 17.3 Å². The lowest BCUT2D eigenvalue weighted by atomic mass is 10.0. The quantitative estimate of drug-likeness (QED) is 0.920. The van der Waals surface area contributed by atoms with Crippen molar-refractivity contribution in [2.45, 2.75) is 39.2 Å². The van der Waals surface area contributed by atoms with E-state index in [1.807, 2.05) is 19.1 Å².